The molecule has 4 rings (SSSR count). The van der Waals surface area contributed by atoms with Crippen molar-refractivity contribution in [1.29, 1.82) is 0 Å². The van der Waals surface area contributed by atoms with Crippen LogP contribution in [0.2, 0.25) is 0 Å². The summed E-state index contributed by atoms with van der Waals surface area (Å²) in [6, 6.07) is 14.8. The van der Waals surface area contributed by atoms with Crippen LogP contribution in [0.3, 0.4) is 0 Å². The molecule has 0 radical (unpaired) electrons. The molecule has 2 N–H and O–H groups in total. The molecule has 184 valence electrons. The Kier molecular flexibility index (Phi) is 7.21. The van der Waals surface area contributed by atoms with Crippen molar-refractivity contribution in [1.82, 2.24) is 4.90 Å². The third-order valence-electron chi connectivity index (χ3n) is 6.02. The van der Waals surface area contributed by atoms with Gasteiger partial charge in [-0.3, -0.25) is 9.59 Å². The highest BCUT2D eigenvalue weighted by molar-refractivity contribution is 8.13. The van der Waals surface area contributed by atoms with E-state index in [9.17, 15) is 9.59 Å². The summed E-state index contributed by atoms with van der Waals surface area (Å²) < 4.78 is 5.22. The normalized spacial score (nSPS) is 17.9. The summed E-state index contributed by atoms with van der Waals surface area (Å²) in [5, 5.41) is 6.95. The van der Waals surface area contributed by atoms with Crippen LogP contribution < -0.4 is 15.4 Å². The number of hydrogen-bond acceptors (Lipinski definition) is 6. The largest absolute Gasteiger partial charge is 0.497 e. The van der Waals surface area contributed by atoms with Gasteiger partial charge >= 0.3 is 0 Å². The van der Waals surface area contributed by atoms with Crippen molar-refractivity contribution in [2.75, 3.05) is 30.0 Å². The van der Waals surface area contributed by atoms with Gasteiger partial charge in [-0.2, -0.15) is 0 Å². The Morgan fingerprint density at radius 1 is 1.03 bits per heavy atom. The van der Waals surface area contributed by atoms with Crippen LogP contribution >= 0.6 is 11.8 Å². The summed E-state index contributed by atoms with van der Waals surface area (Å²) >= 11 is 1.72. The maximum Gasteiger partial charge on any atom is 0.255 e. The van der Waals surface area contributed by atoms with Crippen molar-refractivity contribution in [2.24, 2.45) is 10.4 Å². The zero-order valence-corrected chi connectivity index (χ0v) is 21.7. The second-order valence-electron chi connectivity index (χ2n) is 9.70. The first kappa shape index (κ1) is 24.9. The van der Waals surface area contributed by atoms with Crippen molar-refractivity contribution in [3.8, 4) is 5.75 Å². The van der Waals surface area contributed by atoms with Gasteiger partial charge in [0.25, 0.3) is 5.91 Å². The molecule has 2 aliphatic rings. The molecular formula is C27H32N4O3S. The van der Waals surface area contributed by atoms with E-state index in [0.29, 0.717) is 17.0 Å². The van der Waals surface area contributed by atoms with Crippen molar-refractivity contribution in [2.45, 2.75) is 40.2 Å². The van der Waals surface area contributed by atoms with E-state index in [0.717, 1.165) is 40.9 Å². The molecule has 1 fully saturated rings. The van der Waals surface area contributed by atoms with Gasteiger partial charge in [0.1, 0.15) is 5.75 Å². The molecule has 0 saturated carbocycles. The SMILES string of the molecule is COc1ccc(NC(=O)C2=C(C)N=C3SCCCN3C2c2ccc(NC(=O)C(C)(C)C)cc2)cc1. The molecule has 2 heterocycles. The third-order valence-corrected chi connectivity index (χ3v) is 7.09. The number of benzene rings is 2. The van der Waals surface area contributed by atoms with E-state index in [1.54, 1.807) is 18.9 Å². The summed E-state index contributed by atoms with van der Waals surface area (Å²) in [4.78, 5) is 33.0. The maximum atomic E-state index is 13.6. The third kappa shape index (κ3) is 5.53. The van der Waals surface area contributed by atoms with Crippen LogP contribution in [0.25, 0.3) is 0 Å². The molecular weight excluding hydrogens is 460 g/mol. The number of nitrogens with one attached hydrogen (secondary N) is 2. The summed E-state index contributed by atoms with van der Waals surface area (Å²) in [6.45, 7) is 8.37. The van der Waals surface area contributed by atoms with Gasteiger partial charge in [0.15, 0.2) is 5.17 Å². The van der Waals surface area contributed by atoms with E-state index in [4.69, 9.17) is 9.73 Å². The van der Waals surface area contributed by atoms with Crippen molar-refractivity contribution >= 4 is 40.1 Å². The van der Waals surface area contributed by atoms with E-state index >= 15 is 0 Å². The molecule has 2 aliphatic heterocycles. The molecule has 7 nitrogen and oxygen atoms in total. The number of rotatable bonds is 5. The summed E-state index contributed by atoms with van der Waals surface area (Å²) in [5.74, 6) is 1.52. The molecule has 8 heteroatoms. The number of anilines is 2. The Bertz CT molecular complexity index is 1160. The predicted octanol–water partition coefficient (Wildman–Crippen LogP) is 5.44. The van der Waals surface area contributed by atoms with E-state index in [1.165, 1.54) is 0 Å². The van der Waals surface area contributed by atoms with Gasteiger partial charge in [0.2, 0.25) is 5.91 Å². The first-order valence-electron chi connectivity index (χ1n) is 11.7. The van der Waals surface area contributed by atoms with E-state index in [1.807, 2.05) is 76.2 Å². The van der Waals surface area contributed by atoms with Crippen LogP contribution in [0.15, 0.2) is 64.8 Å². The van der Waals surface area contributed by atoms with E-state index in [2.05, 4.69) is 15.5 Å². The van der Waals surface area contributed by atoms with Crippen LogP contribution in [0.4, 0.5) is 11.4 Å². The van der Waals surface area contributed by atoms with Gasteiger partial charge < -0.3 is 20.3 Å². The van der Waals surface area contributed by atoms with Crippen LogP contribution in [0.1, 0.15) is 45.7 Å². The lowest BCUT2D eigenvalue weighted by Crippen LogP contribution is -2.43. The fourth-order valence-corrected chi connectivity index (χ4v) is 5.07. The molecule has 0 aliphatic carbocycles. The molecule has 1 atom stereocenters. The summed E-state index contributed by atoms with van der Waals surface area (Å²) in [7, 11) is 1.61. The Morgan fingerprint density at radius 3 is 2.29 bits per heavy atom. The highest BCUT2D eigenvalue weighted by atomic mass is 32.2. The number of amides is 2. The molecule has 2 aromatic carbocycles. The minimum absolute atomic E-state index is 0.0416. The van der Waals surface area contributed by atoms with Gasteiger partial charge in [0.05, 0.1) is 24.4 Å². The highest BCUT2D eigenvalue weighted by Gasteiger charge is 2.37. The predicted molar refractivity (Wildman–Crippen MR) is 143 cm³/mol. The van der Waals surface area contributed by atoms with Crippen LogP contribution in [-0.4, -0.2) is 41.3 Å². The smallest absolute Gasteiger partial charge is 0.255 e. The molecule has 2 amide bonds. The van der Waals surface area contributed by atoms with Crippen LogP contribution in [-0.2, 0) is 9.59 Å². The number of carbonyl (C=O) groups excluding carboxylic acids is 2. The quantitative estimate of drug-likeness (QED) is 0.581. The Morgan fingerprint density at radius 2 is 1.66 bits per heavy atom. The number of hydrogen-bond donors (Lipinski definition) is 2. The summed E-state index contributed by atoms with van der Waals surface area (Å²) in [6.07, 6.45) is 1.02. The molecule has 1 saturated heterocycles. The number of aliphatic imine (C=N–C) groups is 1. The average molecular weight is 493 g/mol. The molecule has 0 bridgehead atoms. The number of amidine groups is 1. The highest BCUT2D eigenvalue weighted by Crippen LogP contribution is 2.40. The number of ether oxygens (including phenoxy) is 1. The van der Waals surface area contributed by atoms with Gasteiger partial charge in [0, 0.05) is 29.1 Å². The zero-order valence-electron chi connectivity index (χ0n) is 20.8. The number of thioether (sulfide) groups is 1. The maximum absolute atomic E-state index is 13.6. The van der Waals surface area contributed by atoms with Crippen molar-refractivity contribution in [3.63, 3.8) is 0 Å². The van der Waals surface area contributed by atoms with Crippen molar-refractivity contribution < 1.29 is 14.3 Å². The number of nitrogens with zero attached hydrogens (tertiary/aromatic N) is 2. The molecule has 2 aromatic rings. The Labute approximate surface area is 211 Å². The van der Waals surface area contributed by atoms with Crippen molar-refractivity contribution in [3.05, 3.63) is 65.4 Å². The second-order valence-corrected chi connectivity index (χ2v) is 10.8. The zero-order chi connectivity index (χ0) is 25.2. The molecule has 1 unspecified atom stereocenters. The van der Waals surface area contributed by atoms with E-state index < -0.39 is 5.41 Å². The molecule has 0 spiro atoms. The Hall–Kier alpha value is -3.26. The molecule has 35 heavy (non-hydrogen) atoms. The topological polar surface area (TPSA) is 83.0 Å². The minimum Gasteiger partial charge on any atom is -0.497 e. The summed E-state index contributed by atoms with van der Waals surface area (Å²) in [5.41, 5.74) is 3.26. The van der Waals surface area contributed by atoms with Crippen LogP contribution in [0.5, 0.6) is 5.75 Å². The number of allylic oxidation sites excluding steroid dienone is 1. The van der Waals surface area contributed by atoms with Gasteiger partial charge in [-0.05, 0) is 55.3 Å². The number of methoxy groups -OCH3 is 1. The van der Waals surface area contributed by atoms with Crippen LogP contribution in [0, 0.1) is 5.41 Å². The lowest BCUT2D eigenvalue weighted by molar-refractivity contribution is -0.123. The lowest BCUT2D eigenvalue weighted by Gasteiger charge is -2.41. The van der Waals surface area contributed by atoms with Gasteiger partial charge in [-0.1, -0.05) is 44.7 Å². The number of carbonyl (C=O) groups is 2. The molecule has 0 aromatic heterocycles. The lowest BCUT2D eigenvalue weighted by atomic mass is 9.93. The second kappa shape index (κ2) is 10.2. The average Bonchev–Trinajstić information content (AvgIpc) is 2.83. The van der Waals surface area contributed by atoms with E-state index in [-0.39, 0.29) is 17.9 Å². The Balaban J connectivity index is 1.65. The monoisotopic (exact) mass is 492 g/mol. The first-order valence-corrected chi connectivity index (χ1v) is 12.7. The fourth-order valence-electron chi connectivity index (χ4n) is 4.05. The van der Waals surface area contributed by atoms with Gasteiger partial charge in [-0.15, -0.1) is 0 Å². The fraction of sp³-hybridized carbons (Fsp3) is 0.370. The van der Waals surface area contributed by atoms with Gasteiger partial charge in [-0.25, -0.2) is 4.99 Å². The first-order chi connectivity index (χ1) is 16.7. The standard InChI is InChI=1S/C27H32N4O3S/c1-17-22(24(32)29-19-11-13-21(34-5)14-12-19)23(31-15-6-16-35-26(31)28-17)18-7-9-20(10-8-18)30-25(33)27(2,3)4/h7-14,23H,6,15-16H2,1-5H3,(H,29,32)(H,30,33). The minimum atomic E-state index is -0.481. The number of fused-ring (bicyclic) bond motifs is 1.